The summed E-state index contributed by atoms with van der Waals surface area (Å²) in [5, 5.41) is 4.71. The molecule has 0 bridgehead atoms. The van der Waals surface area contributed by atoms with Crippen molar-refractivity contribution >= 4 is 5.91 Å². The minimum atomic E-state index is 0.0598. The zero-order chi connectivity index (χ0) is 16.5. The maximum absolute atomic E-state index is 13.1. The van der Waals surface area contributed by atoms with Gasteiger partial charge in [0.2, 0.25) is 0 Å². The number of benzene rings is 1. The number of nitrogens with zero attached hydrogens (tertiary/aromatic N) is 3. The average Bonchev–Trinajstić information content (AvgIpc) is 3.24. The van der Waals surface area contributed by atoms with Crippen LogP contribution in [0.3, 0.4) is 0 Å². The molecular weight excluding hydrogens is 302 g/mol. The highest BCUT2D eigenvalue weighted by atomic mass is 16.5. The molecular formula is C19H23N3O2. The molecule has 2 aliphatic rings. The van der Waals surface area contributed by atoms with E-state index in [0.29, 0.717) is 25.4 Å². The first kappa shape index (κ1) is 15.4. The minimum absolute atomic E-state index is 0.0598. The fraction of sp³-hybridized carbons (Fsp3) is 0.474. The number of ether oxygens (including phenoxy) is 1. The molecule has 2 heterocycles. The van der Waals surface area contributed by atoms with Gasteiger partial charge in [-0.15, -0.1) is 0 Å². The van der Waals surface area contributed by atoms with Crippen LogP contribution in [0.2, 0.25) is 0 Å². The Morgan fingerprint density at radius 3 is 2.92 bits per heavy atom. The van der Waals surface area contributed by atoms with Crippen LogP contribution in [-0.2, 0) is 17.6 Å². The van der Waals surface area contributed by atoms with Crippen molar-refractivity contribution in [1.82, 2.24) is 14.7 Å². The molecule has 1 aliphatic heterocycles. The summed E-state index contributed by atoms with van der Waals surface area (Å²) in [5.41, 5.74) is 4.01. The van der Waals surface area contributed by atoms with Gasteiger partial charge in [-0.05, 0) is 37.8 Å². The molecule has 0 spiro atoms. The van der Waals surface area contributed by atoms with Crippen LogP contribution in [0, 0.1) is 0 Å². The van der Waals surface area contributed by atoms with Crippen molar-refractivity contribution in [2.45, 2.75) is 38.7 Å². The molecule has 4 rings (SSSR count). The number of carbonyl (C=O) groups excluding carboxylic acids is 1. The van der Waals surface area contributed by atoms with Crippen LogP contribution in [-0.4, -0.2) is 46.4 Å². The maximum atomic E-state index is 13.1. The number of hydrogen-bond donors (Lipinski definition) is 0. The molecule has 0 radical (unpaired) electrons. The van der Waals surface area contributed by atoms with Crippen LogP contribution in [0.25, 0.3) is 5.69 Å². The van der Waals surface area contributed by atoms with Gasteiger partial charge >= 0.3 is 0 Å². The second-order valence-corrected chi connectivity index (χ2v) is 6.53. The van der Waals surface area contributed by atoms with E-state index in [2.05, 4.69) is 6.92 Å². The Labute approximate surface area is 142 Å². The first-order chi connectivity index (χ1) is 11.8. The van der Waals surface area contributed by atoms with Crippen LogP contribution >= 0.6 is 0 Å². The van der Waals surface area contributed by atoms with Crippen LogP contribution in [0.5, 0.6) is 0 Å². The lowest BCUT2D eigenvalue weighted by molar-refractivity contribution is -0.0228. The largest absolute Gasteiger partial charge is 0.375 e. The van der Waals surface area contributed by atoms with Crippen molar-refractivity contribution in [1.29, 1.82) is 0 Å². The SMILES string of the molecule is CC[C@H]1CN(C(=O)c2nn(-c3ccccc3)c3c2CCC3)CCO1. The van der Waals surface area contributed by atoms with Crippen LogP contribution in [0.4, 0.5) is 0 Å². The zero-order valence-electron chi connectivity index (χ0n) is 14.1. The lowest BCUT2D eigenvalue weighted by Gasteiger charge is -2.32. The van der Waals surface area contributed by atoms with Gasteiger partial charge in [-0.3, -0.25) is 4.79 Å². The molecule has 0 N–H and O–H groups in total. The predicted molar refractivity (Wildman–Crippen MR) is 91.5 cm³/mol. The highest BCUT2D eigenvalue weighted by Gasteiger charge is 2.31. The Hall–Kier alpha value is -2.14. The third kappa shape index (κ3) is 2.63. The van der Waals surface area contributed by atoms with E-state index in [9.17, 15) is 4.79 Å². The number of aromatic nitrogens is 2. The second kappa shape index (κ2) is 6.40. The van der Waals surface area contributed by atoms with Gasteiger partial charge in [-0.25, -0.2) is 4.68 Å². The zero-order valence-corrected chi connectivity index (χ0v) is 14.1. The first-order valence-corrected chi connectivity index (χ1v) is 8.85. The molecule has 1 aromatic heterocycles. The topological polar surface area (TPSA) is 47.4 Å². The Balaban J connectivity index is 1.68. The fourth-order valence-electron chi connectivity index (χ4n) is 3.69. The predicted octanol–water partition coefficient (Wildman–Crippen LogP) is 2.61. The summed E-state index contributed by atoms with van der Waals surface area (Å²) in [6.07, 6.45) is 4.11. The Morgan fingerprint density at radius 2 is 2.12 bits per heavy atom. The molecule has 1 fully saturated rings. The lowest BCUT2D eigenvalue weighted by Crippen LogP contribution is -2.45. The average molecular weight is 325 g/mol. The monoisotopic (exact) mass is 325 g/mol. The van der Waals surface area contributed by atoms with Crippen molar-refractivity contribution in [2.24, 2.45) is 0 Å². The molecule has 2 aromatic rings. The number of hydrogen-bond acceptors (Lipinski definition) is 3. The molecule has 5 heteroatoms. The summed E-state index contributed by atoms with van der Waals surface area (Å²) in [5.74, 6) is 0.0598. The van der Waals surface area contributed by atoms with Gasteiger partial charge in [0.25, 0.3) is 5.91 Å². The van der Waals surface area contributed by atoms with E-state index in [4.69, 9.17) is 9.84 Å². The molecule has 1 aromatic carbocycles. The van der Waals surface area contributed by atoms with E-state index in [1.165, 1.54) is 5.69 Å². The number of para-hydroxylation sites is 1. The van der Waals surface area contributed by atoms with E-state index in [1.54, 1.807) is 0 Å². The number of fused-ring (bicyclic) bond motifs is 1. The fourth-order valence-corrected chi connectivity index (χ4v) is 3.69. The lowest BCUT2D eigenvalue weighted by atomic mass is 10.1. The van der Waals surface area contributed by atoms with Gasteiger partial charge in [0.15, 0.2) is 5.69 Å². The second-order valence-electron chi connectivity index (χ2n) is 6.53. The van der Waals surface area contributed by atoms with Crippen molar-refractivity contribution in [2.75, 3.05) is 19.7 Å². The summed E-state index contributed by atoms with van der Waals surface area (Å²) in [4.78, 5) is 15.0. The summed E-state index contributed by atoms with van der Waals surface area (Å²) in [6.45, 7) is 4.04. The van der Waals surface area contributed by atoms with E-state index < -0.39 is 0 Å². The quantitative estimate of drug-likeness (QED) is 0.871. The number of morpholine rings is 1. The van der Waals surface area contributed by atoms with E-state index in [1.807, 2.05) is 39.9 Å². The molecule has 1 saturated heterocycles. The molecule has 24 heavy (non-hydrogen) atoms. The molecule has 1 amide bonds. The molecule has 0 unspecified atom stereocenters. The highest BCUT2D eigenvalue weighted by molar-refractivity contribution is 5.94. The van der Waals surface area contributed by atoms with Gasteiger partial charge in [0.1, 0.15) is 0 Å². The molecule has 1 aliphatic carbocycles. The summed E-state index contributed by atoms with van der Waals surface area (Å²) in [7, 11) is 0. The number of rotatable bonds is 3. The van der Waals surface area contributed by atoms with Crippen molar-refractivity contribution in [3.8, 4) is 5.69 Å². The Bertz CT molecular complexity index is 739. The summed E-state index contributed by atoms with van der Waals surface area (Å²) >= 11 is 0. The molecule has 5 nitrogen and oxygen atoms in total. The van der Waals surface area contributed by atoms with Crippen LogP contribution < -0.4 is 0 Å². The molecule has 1 atom stereocenters. The summed E-state index contributed by atoms with van der Waals surface area (Å²) < 4.78 is 7.66. The number of carbonyl (C=O) groups is 1. The van der Waals surface area contributed by atoms with Crippen LogP contribution in [0.1, 0.15) is 41.5 Å². The standard InChI is InChI=1S/C19H23N3O2/c1-2-15-13-21(11-12-24-15)19(23)18-16-9-6-10-17(16)22(20-18)14-7-4-3-5-8-14/h3-5,7-8,15H,2,6,9-13H2,1H3/t15-/m0/s1. The van der Waals surface area contributed by atoms with Gasteiger partial charge in [-0.2, -0.15) is 5.10 Å². The van der Waals surface area contributed by atoms with Crippen molar-refractivity contribution in [3.63, 3.8) is 0 Å². The highest BCUT2D eigenvalue weighted by Crippen LogP contribution is 2.29. The maximum Gasteiger partial charge on any atom is 0.274 e. The van der Waals surface area contributed by atoms with E-state index >= 15 is 0 Å². The van der Waals surface area contributed by atoms with Crippen LogP contribution in [0.15, 0.2) is 30.3 Å². The normalized spacial score (nSPS) is 20.2. The molecule has 0 saturated carbocycles. The third-order valence-corrected chi connectivity index (χ3v) is 5.01. The number of amides is 1. The smallest absolute Gasteiger partial charge is 0.274 e. The van der Waals surface area contributed by atoms with E-state index in [-0.39, 0.29) is 12.0 Å². The van der Waals surface area contributed by atoms with Crippen molar-refractivity contribution in [3.05, 3.63) is 47.3 Å². The van der Waals surface area contributed by atoms with Gasteiger partial charge in [0.05, 0.1) is 18.4 Å². The Morgan fingerprint density at radius 1 is 1.29 bits per heavy atom. The Kier molecular flexibility index (Phi) is 4.10. The van der Waals surface area contributed by atoms with E-state index in [0.717, 1.165) is 36.9 Å². The first-order valence-electron chi connectivity index (χ1n) is 8.85. The van der Waals surface area contributed by atoms with Gasteiger partial charge in [-0.1, -0.05) is 25.1 Å². The minimum Gasteiger partial charge on any atom is -0.375 e. The van der Waals surface area contributed by atoms with Gasteiger partial charge in [0, 0.05) is 24.3 Å². The third-order valence-electron chi connectivity index (χ3n) is 5.01. The van der Waals surface area contributed by atoms with Gasteiger partial charge < -0.3 is 9.64 Å². The van der Waals surface area contributed by atoms with Crippen molar-refractivity contribution < 1.29 is 9.53 Å². The summed E-state index contributed by atoms with van der Waals surface area (Å²) in [6, 6.07) is 10.1. The molecule has 126 valence electrons.